The smallest absolute Gasteiger partial charge is 0.266 e. The summed E-state index contributed by atoms with van der Waals surface area (Å²) in [5.41, 5.74) is 4.81. The first kappa shape index (κ1) is 17.8. The number of hydrogen-bond donors (Lipinski definition) is 0. The van der Waals surface area contributed by atoms with E-state index < -0.39 is 0 Å². The van der Waals surface area contributed by atoms with Gasteiger partial charge in [-0.05, 0) is 36.4 Å². The van der Waals surface area contributed by atoms with Crippen LogP contribution in [0.15, 0.2) is 89.2 Å². The zero-order valence-electron chi connectivity index (χ0n) is 15.1. The Bertz CT molecular complexity index is 1380. The van der Waals surface area contributed by atoms with Crippen LogP contribution in [0.25, 0.3) is 38.5 Å². The molecule has 2 aromatic heterocycles. The molecule has 0 amide bonds. The van der Waals surface area contributed by atoms with Gasteiger partial charge in [0.1, 0.15) is 0 Å². The number of fused-ring (bicyclic) bond motifs is 1. The maximum Gasteiger partial charge on any atom is 0.266 e. The molecule has 6 heteroatoms. The van der Waals surface area contributed by atoms with Crippen LogP contribution in [0.4, 0.5) is 0 Å². The van der Waals surface area contributed by atoms with Crippen molar-refractivity contribution in [3.05, 3.63) is 99.7 Å². The highest BCUT2D eigenvalue weighted by molar-refractivity contribution is 7.13. The van der Waals surface area contributed by atoms with Crippen LogP contribution >= 0.6 is 22.9 Å². The van der Waals surface area contributed by atoms with Crippen molar-refractivity contribution in [1.82, 2.24) is 14.5 Å². The van der Waals surface area contributed by atoms with E-state index in [0.29, 0.717) is 27.4 Å². The number of benzene rings is 3. The van der Waals surface area contributed by atoms with E-state index in [-0.39, 0.29) is 5.56 Å². The monoisotopic (exact) mass is 415 g/mol. The molecule has 5 rings (SSSR count). The van der Waals surface area contributed by atoms with Crippen molar-refractivity contribution < 1.29 is 0 Å². The number of para-hydroxylation sites is 1. The summed E-state index contributed by atoms with van der Waals surface area (Å²) in [5, 5.41) is 1.18. The summed E-state index contributed by atoms with van der Waals surface area (Å²) in [6, 6.07) is 24.5. The number of rotatable bonds is 3. The Hall–Kier alpha value is -3.28. The lowest BCUT2D eigenvalue weighted by molar-refractivity contribution is 0.979. The topological polar surface area (TPSA) is 47.8 Å². The molecule has 0 aliphatic carbocycles. The number of halogens is 1. The van der Waals surface area contributed by atoms with E-state index in [2.05, 4.69) is 4.98 Å². The van der Waals surface area contributed by atoms with Crippen LogP contribution in [0.1, 0.15) is 0 Å². The highest BCUT2D eigenvalue weighted by Crippen LogP contribution is 2.34. The van der Waals surface area contributed by atoms with E-state index in [1.165, 1.54) is 11.3 Å². The number of nitrogens with zero attached hydrogens (tertiary/aromatic N) is 3. The minimum Gasteiger partial charge on any atom is -0.268 e. The highest BCUT2D eigenvalue weighted by Gasteiger charge is 2.19. The zero-order valence-corrected chi connectivity index (χ0v) is 16.7. The SMILES string of the molecule is O=c1c2ccccc2nc(-c2scnc2-c2ccccc2)n1-c1ccc(Cl)cc1. The summed E-state index contributed by atoms with van der Waals surface area (Å²) >= 11 is 7.53. The van der Waals surface area contributed by atoms with Gasteiger partial charge in [-0.15, -0.1) is 11.3 Å². The molecule has 3 aromatic carbocycles. The third-order valence-corrected chi connectivity index (χ3v) is 5.75. The number of thiazole rings is 1. The third-order valence-electron chi connectivity index (χ3n) is 4.68. The van der Waals surface area contributed by atoms with E-state index in [0.717, 1.165) is 16.1 Å². The Labute approximate surface area is 175 Å². The molecule has 0 N–H and O–H groups in total. The van der Waals surface area contributed by atoms with Crippen LogP contribution in [-0.4, -0.2) is 14.5 Å². The van der Waals surface area contributed by atoms with Gasteiger partial charge in [0, 0.05) is 10.6 Å². The standard InChI is InChI=1S/C23H14ClN3OS/c24-16-10-12-17(13-11-16)27-22(26-19-9-5-4-8-18(19)23(27)28)21-20(25-14-29-21)15-6-2-1-3-7-15/h1-14H. The van der Waals surface area contributed by atoms with Crippen molar-refractivity contribution in [2.45, 2.75) is 0 Å². The Balaban J connectivity index is 1.85. The molecule has 0 aliphatic heterocycles. The van der Waals surface area contributed by atoms with Crippen LogP contribution in [0.3, 0.4) is 0 Å². The molecule has 0 saturated carbocycles. The molecule has 0 aliphatic rings. The van der Waals surface area contributed by atoms with E-state index >= 15 is 0 Å². The van der Waals surface area contributed by atoms with E-state index in [1.54, 1.807) is 28.3 Å². The molecule has 0 radical (unpaired) electrons. The molecule has 29 heavy (non-hydrogen) atoms. The van der Waals surface area contributed by atoms with Crippen LogP contribution in [0.5, 0.6) is 0 Å². The predicted octanol–water partition coefficient (Wildman–Crippen LogP) is 5.83. The molecule has 140 valence electrons. The highest BCUT2D eigenvalue weighted by atomic mass is 35.5. The number of hydrogen-bond acceptors (Lipinski definition) is 4. The molecule has 5 aromatic rings. The van der Waals surface area contributed by atoms with Gasteiger partial charge in [0.05, 0.1) is 32.7 Å². The largest absolute Gasteiger partial charge is 0.268 e. The summed E-state index contributed by atoms with van der Waals surface area (Å²) in [4.78, 5) is 23.7. The molecule has 4 nitrogen and oxygen atoms in total. The Morgan fingerprint density at radius 2 is 1.59 bits per heavy atom. The second-order valence-corrected chi connectivity index (χ2v) is 7.76. The summed E-state index contributed by atoms with van der Waals surface area (Å²) in [7, 11) is 0. The average Bonchev–Trinajstić information content (AvgIpc) is 3.25. The van der Waals surface area contributed by atoms with Gasteiger partial charge in [-0.2, -0.15) is 0 Å². The molecule has 2 heterocycles. The molecular weight excluding hydrogens is 402 g/mol. The minimum absolute atomic E-state index is 0.125. The maximum atomic E-state index is 13.5. The first-order valence-corrected chi connectivity index (χ1v) is 10.2. The fourth-order valence-electron chi connectivity index (χ4n) is 3.32. The van der Waals surface area contributed by atoms with Crippen LogP contribution in [0.2, 0.25) is 5.02 Å². The summed E-state index contributed by atoms with van der Waals surface area (Å²) in [6.45, 7) is 0. The van der Waals surface area contributed by atoms with E-state index in [9.17, 15) is 4.79 Å². The fraction of sp³-hybridized carbons (Fsp3) is 0. The van der Waals surface area contributed by atoms with Gasteiger partial charge in [-0.25, -0.2) is 9.97 Å². The molecule has 0 fully saturated rings. The summed E-state index contributed by atoms with van der Waals surface area (Å²) in [6.07, 6.45) is 0. The zero-order chi connectivity index (χ0) is 19.8. The summed E-state index contributed by atoms with van der Waals surface area (Å²) in [5.74, 6) is 0.567. The molecule has 0 atom stereocenters. The fourth-order valence-corrected chi connectivity index (χ4v) is 4.24. The maximum absolute atomic E-state index is 13.5. The second-order valence-electron chi connectivity index (χ2n) is 6.47. The average molecular weight is 416 g/mol. The van der Waals surface area contributed by atoms with Crippen molar-refractivity contribution in [1.29, 1.82) is 0 Å². The first-order valence-electron chi connectivity index (χ1n) is 8.99. The quantitative estimate of drug-likeness (QED) is 0.372. The molecule has 0 bridgehead atoms. The molecule has 0 unspecified atom stereocenters. The summed E-state index contributed by atoms with van der Waals surface area (Å²) < 4.78 is 1.64. The van der Waals surface area contributed by atoms with Crippen molar-refractivity contribution in [2.24, 2.45) is 0 Å². The van der Waals surface area contributed by atoms with Gasteiger partial charge >= 0.3 is 0 Å². The van der Waals surface area contributed by atoms with Crippen molar-refractivity contribution >= 4 is 33.8 Å². The second kappa shape index (κ2) is 7.28. The van der Waals surface area contributed by atoms with Gasteiger partial charge in [-0.1, -0.05) is 54.1 Å². The van der Waals surface area contributed by atoms with E-state index in [1.807, 2.05) is 60.7 Å². The normalized spacial score (nSPS) is 11.1. The lowest BCUT2D eigenvalue weighted by Gasteiger charge is -2.14. The lowest BCUT2D eigenvalue weighted by Crippen LogP contribution is -2.21. The van der Waals surface area contributed by atoms with Crippen LogP contribution < -0.4 is 5.56 Å². The molecular formula is C23H14ClN3OS. The van der Waals surface area contributed by atoms with Crippen LogP contribution in [0, 0.1) is 0 Å². The van der Waals surface area contributed by atoms with E-state index in [4.69, 9.17) is 16.6 Å². The molecule has 0 spiro atoms. The van der Waals surface area contributed by atoms with Gasteiger partial charge in [-0.3, -0.25) is 9.36 Å². The Morgan fingerprint density at radius 3 is 2.38 bits per heavy atom. The van der Waals surface area contributed by atoms with Crippen molar-refractivity contribution in [2.75, 3.05) is 0 Å². The van der Waals surface area contributed by atoms with Gasteiger partial charge < -0.3 is 0 Å². The van der Waals surface area contributed by atoms with Crippen molar-refractivity contribution in [3.8, 4) is 27.6 Å². The first-order chi connectivity index (χ1) is 14.2. The van der Waals surface area contributed by atoms with Gasteiger partial charge in [0.15, 0.2) is 5.82 Å². The number of aromatic nitrogens is 3. The lowest BCUT2D eigenvalue weighted by atomic mass is 10.1. The van der Waals surface area contributed by atoms with Gasteiger partial charge in [0.2, 0.25) is 0 Å². The minimum atomic E-state index is -0.125. The Kier molecular flexibility index (Phi) is 4.46. The predicted molar refractivity (Wildman–Crippen MR) is 119 cm³/mol. The third kappa shape index (κ3) is 3.14. The van der Waals surface area contributed by atoms with Crippen molar-refractivity contribution in [3.63, 3.8) is 0 Å². The van der Waals surface area contributed by atoms with Crippen LogP contribution in [-0.2, 0) is 0 Å². The Morgan fingerprint density at radius 1 is 0.862 bits per heavy atom. The molecule has 0 saturated heterocycles. The van der Waals surface area contributed by atoms with Gasteiger partial charge in [0.25, 0.3) is 5.56 Å².